The largest absolute Gasteiger partial charge is 0.463 e. The summed E-state index contributed by atoms with van der Waals surface area (Å²) in [5, 5.41) is 13.9. The Morgan fingerprint density at radius 1 is 1.10 bits per heavy atom. The van der Waals surface area contributed by atoms with E-state index < -0.39 is 53.5 Å². The molecule has 50 heavy (non-hydrogen) atoms. The molecule has 10 nitrogen and oxygen atoms in total. The van der Waals surface area contributed by atoms with Crippen molar-refractivity contribution < 1.29 is 33.8 Å². The van der Waals surface area contributed by atoms with Gasteiger partial charge < -0.3 is 29.7 Å². The summed E-state index contributed by atoms with van der Waals surface area (Å²) in [4.78, 5) is 59.5. The van der Waals surface area contributed by atoms with Gasteiger partial charge in [0.1, 0.15) is 18.2 Å². The lowest BCUT2D eigenvalue weighted by atomic mass is 9.70. The van der Waals surface area contributed by atoms with Crippen molar-refractivity contribution in [2.24, 2.45) is 11.8 Å². The van der Waals surface area contributed by atoms with Gasteiger partial charge in [-0.2, -0.15) is 0 Å². The first-order valence-electron chi connectivity index (χ1n) is 18.0. The molecule has 3 saturated heterocycles. The normalized spacial score (nSPS) is 24.7. The monoisotopic (exact) mass is 685 g/mol. The van der Waals surface area contributed by atoms with E-state index >= 15 is 0 Å². The molecule has 3 amide bonds. The number of aliphatic hydroxyl groups excluding tert-OH is 1. The number of esters is 1. The minimum atomic E-state index is -1.23. The minimum absolute atomic E-state index is 0.0844. The van der Waals surface area contributed by atoms with Crippen molar-refractivity contribution in [3.8, 4) is 0 Å². The van der Waals surface area contributed by atoms with E-state index in [0.717, 1.165) is 30.4 Å². The average molecular weight is 686 g/mol. The first-order chi connectivity index (χ1) is 24.3. The fraction of sp³-hybridized carbons (Fsp3) is 0.500. The molecule has 268 valence electrons. The van der Waals surface area contributed by atoms with Gasteiger partial charge in [-0.25, -0.2) is 0 Å². The molecular weight excluding hydrogens is 634 g/mol. The number of allylic oxidation sites excluding steroid dienone is 1. The van der Waals surface area contributed by atoms with Gasteiger partial charge in [0.15, 0.2) is 0 Å². The van der Waals surface area contributed by atoms with Gasteiger partial charge >= 0.3 is 5.97 Å². The van der Waals surface area contributed by atoms with E-state index in [1.807, 2.05) is 60.7 Å². The quantitative estimate of drug-likeness (QED) is 0.126. The third-order valence-corrected chi connectivity index (χ3v) is 10.4. The summed E-state index contributed by atoms with van der Waals surface area (Å²) in [6, 6.07) is 16.4. The molecule has 2 N–H and O–H groups in total. The highest BCUT2D eigenvalue weighted by atomic mass is 16.5. The lowest BCUT2D eigenvalue weighted by Crippen LogP contribution is -2.59. The Morgan fingerprint density at radius 3 is 2.48 bits per heavy atom. The minimum Gasteiger partial charge on any atom is -0.463 e. The zero-order valence-electron chi connectivity index (χ0n) is 29.1. The molecule has 0 saturated carbocycles. The molecule has 2 aromatic rings. The number of benzene rings is 2. The Morgan fingerprint density at radius 2 is 1.82 bits per heavy atom. The topological polar surface area (TPSA) is 125 Å². The summed E-state index contributed by atoms with van der Waals surface area (Å²) in [7, 11) is 0. The van der Waals surface area contributed by atoms with Crippen LogP contribution in [0.1, 0.15) is 69.0 Å². The van der Waals surface area contributed by atoms with E-state index in [1.54, 1.807) is 17.1 Å². The predicted molar refractivity (Wildman–Crippen MR) is 189 cm³/mol. The van der Waals surface area contributed by atoms with Crippen LogP contribution in [0.25, 0.3) is 0 Å². The van der Waals surface area contributed by atoms with Crippen LogP contribution in [-0.2, 0) is 35.1 Å². The van der Waals surface area contributed by atoms with Crippen molar-refractivity contribution in [2.45, 2.75) is 88.1 Å². The van der Waals surface area contributed by atoms with Crippen molar-refractivity contribution in [1.29, 1.82) is 0 Å². The average Bonchev–Trinajstić information content (AvgIpc) is 3.79. The van der Waals surface area contributed by atoms with E-state index in [1.165, 1.54) is 4.90 Å². The van der Waals surface area contributed by atoms with E-state index in [4.69, 9.17) is 9.47 Å². The van der Waals surface area contributed by atoms with Crippen molar-refractivity contribution in [3.63, 3.8) is 0 Å². The van der Waals surface area contributed by atoms with Crippen LogP contribution in [0.15, 0.2) is 86.0 Å². The highest BCUT2D eigenvalue weighted by Gasteiger charge is 2.75. The molecule has 2 bridgehead atoms. The number of unbranched alkanes of at least 4 members (excludes halogenated alkanes) is 2. The number of carbonyl (C=O) groups excluding carboxylic acids is 4. The summed E-state index contributed by atoms with van der Waals surface area (Å²) < 4.78 is 12.3. The van der Waals surface area contributed by atoms with E-state index in [9.17, 15) is 24.3 Å². The molecule has 1 spiro atoms. The maximum absolute atomic E-state index is 14.8. The van der Waals surface area contributed by atoms with E-state index in [2.05, 4.69) is 25.4 Å². The number of carbonyl (C=O) groups is 4. The Hall–Kier alpha value is -4.28. The molecule has 0 radical (unpaired) electrons. The zero-order valence-corrected chi connectivity index (χ0v) is 29.1. The second kappa shape index (κ2) is 17.1. The van der Waals surface area contributed by atoms with Crippen LogP contribution in [0.3, 0.4) is 0 Å². The predicted octanol–water partition coefficient (Wildman–Crippen LogP) is 4.54. The van der Waals surface area contributed by atoms with E-state index in [0.29, 0.717) is 38.8 Å². The Balaban J connectivity index is 1.48. The molecule has 0 aliphatic carbocycles. The highest BCUT2D eigenvalue weighted by Crippen LogP contribution is 2.59. The maximum Gasteiger partial charge on any atom is 0.306 e. The molecule has 10 heteroatoms. The zero-order chi connectivity index (χ0) is 35.7. The molecule has 2 aromatic carbocycles. The highest BCUT2D eigenvalue weighted by molar-refractivity contribution is 5.99. The standard InChI is InChI=1S/C40H51N3O7/c1-4-7-15-24-42(23-6-3)39(48)36-40-22-21-32(50-40)34(35(40)38(47)43(36)30(26-44)25-28-16-11-9-12-17-28)37(46)41-31(29-18-13-10-14-19-29)27-49-33(45)20-8-5-2/h5-6,9-14,16-19,30-32,34-36,44H,2-4,7-8,15,20-27H2,1H3,(H,41,46)/t30-,31-,32+,34-,35-,36+,40-/m1/s1. The van der Waals surface area contributed by atoms with Crippen molar-refractivity contribution >= 4 is 23.7 Å². The van der Waals surface area contributed by atoms with Crippen LogP contribution < -0.4 is 5.32 Å². The molecule has 7 atom stereocenters. The Bertz CT molecular complexity index is 1500. The van der Waals surface area contributed by atoms with Gasteiger partial charge in [-0.15, -0.1) is 13.2 Å². The number of rotatable bonds is 19. The number of likely N-dealkylation sites (tertiary alicyclic amines) is 1. The van der Waals surface area contributed by atoms with Crippen LogP contribution in [0.2, 0.25) is 0 Å². The summed E-state index contributed by atoms with van der Waals surface area (Å²) in [6.07, 6.45) is 7.43. The number of amides is 3. The first kappa shape index (κ1) is 37.0. The van der Waals surface area contributed by atoms with Gasteiger partial charge in [0.25, 0.3) is 0 Å². The van der Waals surface area contributed by atoms with Crippen molar-refractivity contribution in [2.75, 3.05) is 26.3 Å². The number of nitrogens with zero attached hydrogens (tertiary/aromatic N) is 2. The summed E-state index contributed by atoms with van der Waals surface area (Å²) in [6.45, 7) is 10.00. The third-order valence-electron chi connectivity index (χ3n) is 10.4. The molecule has 3 heterocycles. The van der Waals surface area contributed by atoms with Gasteiger partial charge in [-0.3, -0.25) is 19.2 Å². The second-order valence-corrected chi connectivity index (χ2v) is 13.6. The fourth-order valence-electron chi connectivity index (χ4n) is 8.02. The summed E-state index contributed by atoms with van der Waals surface area (Å²) in [5.41, 5.74) is 0.437. The van der Waals surface area contributed by atoms with Crippen LogP contribution in [0.5, 0.6) is 0 Å². The van der Waals surface area contributed by atoms with Gasteiger partial charge in [0.05, 0.1) is 36.6 Å². The van der Waals surface area contributed by atoms with Gasteiger partial charge in [-0.1, -0.05) is 92.6 Å². The van der Waals surface area contributed by atoms with Gasteiger partial charge in [0, 0.05) is 19.5 Å². The van der Waals surface area contributed by atoms with Crippen molar-refractivity contribution in [3.05, 3.63) is 97.1 Å². The summed E-state index contributed by atoms with van der Waals surface area (Å²) in [5.74, 6) is -3.20. The van der Waals surface area contributed by atoms with Crippen LogP contribution in [-0.4, -0.2) is 88.7 Å². The Kier molecular flexibility index (Phi) is 12.6. The SMILES string of the molecule is C=CCCC(=O)OC[C@@H](NC(=O)[C@@H]1[C@@H]2CC[C@]3(O2)[C@H](C(=O)N(CC=C)CCCCC)N([C@@H](CO)Cc2ccccc2)C(=O)[C@@H]13)c1ccccc1. The molecule has 3 fully saturated rings. The fourth-order valence-corrected chi connectivity index (χ4v) is 8.02. The van der Waals surface area contributed by atoms with Crippen LogP contribution in [0.4, 0.5) is 0 Å². The number of nitrogens with one attached hydrogen (secondary N) is 1. The molecule has 3 aliphatic heterocycles. The maximum atomic E-state index is 14.8. The molecule has 0 aromatic heterocycles. The van der Waals surface area contributed by atoms with Crippen LogP contribution in [0, 0.1) is 11.8 Å². The number of fused-ring (bicyclic) bond motifs is 1. The lowest BCUT2D eigenvalue weighted by molar-refractivity contribution is -0.151. The molecular formula is C40H51N3O7. The smallest absolute Gasteiger partial charge is 0.306 e. The number of hydrogen-bond donors (Lipinski definition) is 2. The summed E-state index contributed by atoms with van der Waals surface area (Å²) >= 11 is 0. The lowest BCUT2D eigenvalue weighted by Gasteiger charge is -2.39. The van der Waals surface area contributed by atoms with Crippen LogP contribution >= 0.6 is 0 Å². The second-order valence-electron chi connectivity index (χ2n) is 13.6. The number of hydrogen-bond acceptors (Lipinski definition) is 7. The molecule has 0 unspecified atom stereocenters. The van der Waals surface area contributed by atoms with Crippen molar-refractivity contribution in [1.82, 2.24) is 15.1 Å². The number of ether oxygens (including phenoxy) is 2. The van der Waals surface area contributed by atoms with Gasteiger partial charge in [-0.05, 0) is 43.2 Å². The third kappa shape index (κ3) is 7.71. The first-order valence-corrected chi connectivity index (χ1v) is 18.0. The number of aliphatic hydroxyl groups is 1. The molecule has 5 rings (SSSR count). The van der Waals surface area contributed by atoms with Gasteiger partial charge in [0.2, 0.25) is 17.7 Å². The Labute approximate surface area is 295 Å². The van der Waals surface area contributed by atoms with E-state index in [-0.39, 0.29) is 31.4 Å². The molecule has 3 aliphatic rings.